The highest BCUT2D eigenvalue weighted by Gasteiger charge is 2.29. The van der Waals surface area contributed by atoms with E-state index in [1.807, 2.05) is 30.3 Å². The molecule has 0 spiro atoms. The maximum atomic E-state index is 12.7. The van der Waals surface area contributed by atoms with Crippen LogP contribution < -0.4 is 5.32 Å². The number of amides is 2. The van der Waals surface area contributed by atoms with Gasteiger partial charge in [0.25, 0.3) is 5.91 Å². The Labute approximate surface area is 174 Å². The first-order chi connectivity index (χ1) is 13.5. The normalized spacial score (nSPS) is 17.8. The molecule has 1 aliphatic heterocycles. The zero-order valence-electron chi connectivity index (χ0n) is 15.3. The van der Waals surface area contributed by atoms with Crippen molar-refractivity contribution >= 4 is 35.0 Å². The molecule has 7 heteroatoms. The Bertz CT molecular complexity index is 845. The number of nitrogens with one attached hydrogen (secondary N) is 1. The fourth-order valence-electron chi connectivity index (χ4n) is 3.32. The highest BCUT2D eigenvalue weighted by atomic mass is 35.5. The molecule has 28 heavy (non-hydrogen) atoms. The van der Waals surface area contributed by atoms with Crippen LogP contribution in [0.5, 0.6) is 0 Å². The molecule has 1 aliphatic rings. The predicted octanol–water partition coefficient (Wildman–Crippen LogP) is 3.70. The van der Waals surface area contributed by atoms with Gasteiger partial charge in [-0.3, -0.25) is 9.59 Å². The van der Waals surface area contributed by atoms with E-state index in [0.717, 1.165) is 12.0 Å². The Morgan fingerprint density at radius 1 is 1.14 bits per heavy atom. The summed E-state index contributed by atoms with van der Waals surface area (Å²) in [5.74, 6) is -0.620. The van der Waals surface area contributed by atoms with Gasteiger partial charge < -0.3 is 15.3 Å². The summed E-state index contributed by atoms with van der Waals surface area (Å²) in [6.07, 6.45) is 0.688. The summed E-state index contributed by atoms with van der Waals surface area (Å²) in [5, 5.41) is 13.7. The number of rotatable bonds is 5. The number of benzene rings is 2. The first kappa shape index (κ1) is 20.6. The van der Waals surface area contributed by atoms with Crippen molar-refractivity contribution in [2.45, 2.75) is 18.9 Å². The van der Waals surface area contributed by atoms with Crippen LogP contribution in [0.25, 0.3) is 0 Å². The number of hydrogen-bond donors (Lipinski definition) is 2. The number of likely N-dealkylation sites (tertiary alicyclic amines) is 1. The largest absolute Gasteiger partial charge is 0.387 e. The molecule has 0 radical (unpaired) electrons. The molecule has 2 aromatic carbocycles. The minimum absolute atomic E-state index is 0.139. The van der Waals surface area contributed by atoms with Crippen molar-refractivity contribution in [1.29, 1.82) is 0 Å². The lowest BCUT2D eigenvalue weighted by Crippen LogP contribution is -2.46. The second-order valence-corrected chi connectivity index (χ2v) is 7.71. The van der Waals surface area contributed by atoms with E-state index in [1.54, 1.807) is 23.1 Å². The molecule has 2 amide bonds. The van der Waals surface area contributed by atoms with E-state index < -0.39 is 6.10 Å². The fourth-order valence-corrected chi connectivity index (χ4v) is 3.62. The summed E-state index contributed by atoms with van der Waals surface area (Å²) in [6, 6.07) is 14.0. The van der Waals surface area contributed by atoms with Crippen molar-refractivity contribution in [3.05, 3.63) is 69.7 Å². The highest BCUT2D eigenvalue weighted by molar-refractivity contribution is 6.42. The van der Waals surface area contributed by atoms with Crippen LogP contribution in [0.3, 0.4) is 0 Å². The van der Waals surface area contributed by atoms with Gasteiger partial charge in [-0.15, -0.1) is 0 Å². The molecule has 3 rings (SSSR count). The number of carbonyl (C=O) groups excluding carboxylic acids is 2. The molecule has 2 atom stereocenters. The molecule has 2 aromatic rings. The Morgan fingerprint density at radius 2 is 1.89 bits per heavy atom. The molecule has 0 saturated carbocycles. The number of piperidine rings is 1. The lowest BCUT2D eigenvalue weighted by atomic mass is 9.96. The summed E-state index contributed by atoms with van der Waals surface area (Å²) in [4.78, 5) is 26.9. The van der Waals surface area contributed by atoms with Crippen LogP contribution in [0.2, 0.25) is 10.0 Å². The maximum Gasteiger partial charge on any atom is 0.253 e. The standard InChI is InChI=1S/C21H22Cl2N2O3/c22-17-9-8-15(11-18(17)23)21(28)25-10-4-7-16(13-25)20(27)24-12-19(26)14-5-2-1-3-6-14/h1-3,5-6,8-9,11,16,19,26H,4,7,10,12-13H2,(H,24,27). The summed E-state index contributed by atoms with van der Waals surface area (Å²) in [6.45, 7) is 1.07. The second kappa shape index (κ2) is 9.41. The zero-order chi connectivity index (χ0) is 20.1. The lowest BCUT2D eigenvalue weighted by molar-refractivity contribution is -0.126. The lowest BCUT2D eigenvalue weighted by Gasteiger charge is -2.32. The molecule has 5 nitrogen and oxygen atoms in total. The van der Waals surface area contributed by atoms with Crippen molar-refractivity contribution < 1.29 is 14.7 Å². The molecule has 1 fully saturated rings. The average molecular weight is 421 g/mol. The van der Waals surface area contributed by atoms with Crippen molar-refractivity contribution in [3.63, 3.8) is 0 Å². The molecular formula is C21H22Cl2N2O3. The molecule has 1 heterocycles. The fraction of sp³-hybridized carbons (Fsp3) is 0.333. The molecule has 1 saturated heterocycles. The van der Waals surface area contributed by atoms with Crippen molar-refractivity contribution in [3.8, 4) is 0 Å². The molecule has 0 aromatic heterocycles. The first-order valence-corrected chi connectivity index (χ1v) is 9.96. The monoisotopic (exact) mass is 420 g/mol. The van der Waals surface area contributed by atoms with Crippen molar-refractivity contribution in [2.75, 3.05) is 19.6 Å². The summed E-state index contributed by atoms with van der Waals surface area (Å²) < 4.78 is 0. The number of aliphatic hydroxyl groups is 1. The van der Waals surface area contributed by atoms with Gasteiger partial charge in [-0.05, 0) is 36.6 Å². The number of nitrogens with zero attached hydrogens (tertiary/aromatic N) is 1. The van der Waals surface area contributed by atoms with Gasteiger partial charge in [-0.1, -0.05) is 53.5 Å². The third-order valence-corrected chi connectivity index (χ3v) is 5.64. The SMILES string of the molecule is O=C(NCC(O)c1ccccc1)C1CCCN(C(=O)c2ccc(Cl)c(Cl)c2)C1. The van der Waals surface area contributed by atoms with Gasteiger partial charge in [-0.2, -0.15) is 0 Å². The second-order valence-electron chi connectivity index (χ2n) is 6.89. The van der Waals surface area contributed by atoms with Crippen LogP contribution in [0.1, 0.15) is 34.9 Å². The van der Waals surface area contributed by atoms with Crippen LogP contribution in [-0.2, 0) is 4.79 Å². The predicted molar refractivity (Wildman–Crippen MR) is 110 cm³/mol. The summed E-state index contributed by atoms with van der Waals surface area (Å²) >= 11 is 11.9. The highest BCUT2D eigenvalue weighted by Crippen LogP contribution is 2.25. The smallest absolute Gasteiger partial charge is 0.253 e. The molecule has 2 unspecified atom stereocenters. The van der Waals surface area contributed by atoms with Gasteiger partial charge in [0.2, 0.25) is 5.91 Å². The Hall–Kier alpha value is -2.08. The number of carbonyl (C=O) groups is 2. The van der Waals surface area contributed by atoms with E-state index in [9.17, 15) is 14.7 Å². The van der Waals surface area contributed by atoms with Crippen LogP contribution in [0.15, 0.2) is 48.5 Å². The average Bonchev–Trinajstić information content (AvgIpc) is 2.74. The zero-order valence-corrected chi connectivity index (χ0v) is 16.8. The van der Waals surface area contributed by atoms with E-state index in [4.69, 9.17) is 23.2 Å². The Balaban J connectivity index is 1.57. The van der Waals surface area contributed by atoms with Gasteiger partial charge >= 0.3 is 0 Å². The van der Waals surface area contributed by atoms with Crippen LogP contribution in [0.4, 0.5) is 0 Å². The van der Waals surface area contributed by atoms with E-state index >= 15 is 0 Å². The van der Waals surface area contributed by atoms with Crippen LogP contribution in [-0.4, -0.2) is 41.5 Å². The molecular weight excluding hydrogens is 399 g/mol. The van der Waals surface area contributed by atoms with Crippen LogP contribution >= 0.6 is 23.2 Å². The van der Waals surface area contributed by atoms with E-state index in [0.29, 0.717) is 35.1 Å². The van der Waals surface area contributed by atoms with E-state index in [2.05, 4.69) is 5.32 Å². The number of aliphatic hydroxyl groups excluding tert-OH is 1. The minimum Gasteiger partial charge on any atom is -0.387 e. The Kier molecular flexibility index (Phi) is 6.94. The molecule has 2 N–H and O–H groups in total. The van der Waals surface area contributed by atoms with E-state index in [-0.39, 0.29) is 24.3 Å². The van der Waals surface area contributed by atoms with Crippen molar-refractivity contribution in [2.24, 2.45) is 5.92 Å². The third-order valence-electron chi connectivity index (χ3n) is 4.90. The molecule has 0 bridgehead atoms. The third kappa shape index (κ3) is 5.04. The summed E-state index contributed by atoms with van der Waals surface area (Å²) in [7, 11) is 0. The van der Waals surface area contributed by atoms with Gasteiger partial charge in [0, 0.05) is 25.2 Å². The van der Waals surface area contributed by atoms with Gasteiger partial charge in [0.15, 0.2) is 0 Å². The summed E-state index contributed by atoms with van der Waals surface area (Å²) in [5.41, 5.74) is 1.21. The molecule has 148 valence electrons. The minimum atomic E-state index is -0.761. The van der Waals surface area contributed by atoms with Gasteiger partial charge in [-0.25, -0.2) is 0 Å². The Morgan fingerprint density at radius 3 is 2.61 bits per heavy atom. The molecule has 0 aliphatic carbocycles. The quantitative estimate of drug-likeness (QED) is 0.774. The van der Waals surface area contributed by atoms with Crippen molar-refractivity contribution in [1.82, 2.24) is 10.2 Å². The van der Waals surface area contributed by atoms with Crippen LogP contribution in [0, 0.1) is 5.92 Å². The first-order valence-electron chi connectivity index (χ1n) is 9.20. The number of hydrogen-bond acceptors (Lipinski definition) is 3. The topological polar surface area (TPSA) is 69.6 Å². The number of halogens is 2. The van der Waals surface area contributed by atoms with Gasteiger partial charge in [0.1, 0.15) is 0 Å². The maximum absolute atomic E-state index is 12.7. The van der Waals surface area contributed by atoms with Gasteiger partial charge in [0.05, 0.1) is 22.1 Å². The van der Waals surface area contributed by atoms with E-state index in [1.165, 1.54) is 0 Å².